The molecule has 0 saturated heterocycles. The van der Waals surface area contributed by atoms with Gasteiger partial charge in [-0.15, -0.1) is 5.10 Å². The zero-order chi connectivity index (χ0) is 16.7. The highest BCUT2D eigenvalue weighted by Crippen LogP contribution is 2.09. The number of rotatable bonds is 8. The van der Waals surface area contributed by atoms with Gasteiger partial charge >= 0.3 is 0 Å². The number of aliphatic hydroxyl groups is 1. The summed E-state index contributed by atoms with van der Waals surface area (Å²) in [7, 11) is 0. The number of nitrogens with zero attached hydrogens (tertiary/aromatic N) is 3. The minimum absolute atomic E-state index is 0.0314. The normalized spacial score (nSPS) is 13.5. The van der Waals surface area contributed by atoms with E-state index in [1.54, 1.807) is 10.9 Å². The Morgan fingerprint density at radius 2 is 2.09 bits per heavy atom. The number of amides is 1. The topological polar surface area (TPSA) is 80.0 Å². The number of aliphatic hydroxyl groups excluding tert-OH is 1. The average molecular weight is 316 g/mol. The molecule has 2 N–H and O–H groups in total. The molecule has 0 saturated carbocycles. The van der Waals surface area contributed by atoms with Gasteiger partial charge in [-0.1, -0.05) is 49.4 Å². The Balaban J connectivity index is 1.95. The lowest BCUT2D eigenvalue weighted by Gasteiger charge is -2.19. The Bertz CT molecular complexity index is 612. The number of aromatic nitrogens is 3. The van der Waals surface area contributed by atoms with Crippen molar-refractivity contribution in [1.29, 1.82) is 0 Å². The van der Waals surface area contributed by atoms with Crippen molar-refractivity contribution in [2.75, 3.05) is 6.61 Å². The van der Waals surface area contributed by atoms with Crippen molar-refractivity contribution in [2.24, 2.45) is 5.92 Å². The van der Waals surface area contributed by atoms with Gasteiger partial charge in [-0.25, -0.2) is 4.68 Å². The third-order valence-electron chi connectivity index (χ3n) is 3.79. The van der Waals surface area contributed by atoms with Crippen LogP contribution in [0.2, 0.25) is 0 Å². The summed E-state index contributed by atoms with van der Waals surface area (Å²) in [5.74, 6) is -0.0599. The minimum atomic E-state index is -0.221. The number of carbonyl (C=O) groups is 1. The van der Waals surface area contributed by atoms with Crippen LogP contribution >= 0.6 is 0 Å². The Labute approximate surface area is 136 Å². The highest BCUT2D eigenvalue weighted by Gasteiger charge is 2.17. The van der Waals surface area contributed by atoms with Gasteiger partial charge in [0.05, 0.1) is 12.7 Å². The molecule has 2 rings (SSSR count). The second-order valence-corrected chi connectivity index (χ2v) is 5.89. The van der Waals surface area contributed by atoms with Crippen molar-refractivity contribution in [2.45, 2.75) is 39.3 Å². The van der Waals surface area contributed by atoms with E-state index >= 15 is 0 Å². The Morgan fingerprint density at radius 1 is 1.35 bits per heavy atom. The molecule has 2 atom stereocenters. The van der Waals surface area contributed by atoms with Crippen LogP contribution in [-0.2, 0) is 6.54 Å². The van der Waals surface area contributed by atoms with Crippen molar-refractivity contribution < 1.29 is 9.90 Å². The van der Waals surface area contributed by atoms with E-state index in [0.717, 1.165) is 18.4 Å². The summed E-state index contributed by atoms with van der Waals surface area (Å²) in [5.41, 5.74) is 1.42. The molecule has 0 aliphatic carbocycles. The number of hydrogen-bond donors (Lipinski definition) is 2. The van der Waals surface area contributed by atoms with E-state index < -0.39 is 0 Å². The molecule has 1 aromatic carbocycles. The highest BCUT2D eigenvalue weighted by atomic mass is 16.3. The molecule has 0 fully saturated rings. The van der Waals surface area contributed by atoms with Crippen LogP contribution in [0.3, 0.4) is 0 Å². The molecule has 0 bridgehead atoms. The first kappa shape index (κ1) is 17.1. The molecule has 0 aliphatic heterocycles. The Kier molecular flexibility index (Phi) is 6.29. The van der Waals surface area contributed by atoms with Crippen molar-refractivity contribution >= 4 is 5.91 Å². The van der Waals surface area contributed by atoms with Crippen LogP contribution in [0.1, 0.15) is 42.7 Å². The van der Waals surface area contributed by atoms with Crippen LogP contribution in [0.25, 0.3) is 0 Å². The van der Waals surface area contributed by atoms with E-state index in [4.69, 9.17) is 5.11 Å². The first-order valence-corrected chi connectivity index (χ1v) is 7.98. The van der Waals surface area contributed by atoms with Gasteiger partial charge in [-0.05, 0) is 24.3 Å². The van der Waals surface area contributed by atoms with Gasteiger partial charge in [-0.2, -0.15) is 0 Å². The lowest BCUT2D eigenvalue weighted by Crippen LogP contribution is -2.36. The first-order chi connectivity index (χ1) is 11.1. The number of nitrogens with one attached hydrogen (secondary N) is 1. The molecule has 1 amide bonds. The fourth-order valence-electron chi connectivity index (χ4n) is 2.40. The Hall–Kier alpha value is -2.21. The predicted molar refractivity (Wildman–Crippen MR) is 88.0 cm³/mol. The first-order valence-electron chi connectivity index (χ1n) is 7.98. The van der Waals surface area contributed by atoms with Crippen LogP contribution in [0.4, 0.5) is 0 Å². The average Bonchev–Trinajstić information content (AvgIpc) is 3.03. The third-order valence-corrected chi connectivity index (χ3v) is 3.79. The molecule has 2 aromatic rings. The van der Waals surface area contributed by atoms with E-state index in [2.05, 4.69) is 15.6 Å². The summed E-state index contributed by atoms with van der Waals surface area (Å²) in [4.78, 5) is 12.3. The second-order valence-electron chi connectivity index (χ2n) is 5.89. The predicted octanol–water partition coefficient (Wildman–Crippen LogP) is 1.85. The number of benzene rings is 1. The van der Waals surface area contributed by atoms with Gasteiger partial charge in [0.15, 0.2) is 5.69 Å². The fourth-order valence-corrected chi connectivity index (χ4v) is 2.40. The van der Waals surface area contributed by atoms with E-state index in [1.807, 2.05) is 44.2 Å². The molecule has 0 radical (unpaired) electrons. The van der Waals surface area contributed by atoms with Crippen LogP contribution in [0.5, 0.6) is 0 Å². The maximum atomic E-state index is 12.3. The molecule has 0 unspecified atom stereocenters. The SMILES string of the molecule is CC[C@@H](C[C@H](C)CO)NC(=O)c1cn(Cc2ccccc2)nn1. The summed E-state index contributed by atoms with van der Waals surface area (Å²) in [6, 6.07) is 9.93. The highest BCUT2D eigenvalue weighted by molar-refractivity contribution is 5.92. The van der Waals surface area contributed by atoms with Crippen LogP contribution in [0.15, 0.2) is 36.5 Å². The maximum Gasteiger partial charge on any atom is 0.273 e. The van der Waals surface area contributed by atoms with Gasteiger partial charge in [0.2, 0.25) is 0 Å². The van der Waals surface area contributed by atoms with Crippen LogP contribution < -0.4 is 5.32 Å². The van der Waals surface area contributed by atoms with Crippen molar-refractivity contribution in [1.82, 2.24) is 20.3 Å². The molecular formula is C17H24N4O2. The molecule has 0 aliphatic rings. The lowest BCUT2D eigenvalue weighted by atomic mass is 10.0. The van der Waals surface area contributed by atoms with Crippen LogP contribution in [-0.4, -0.2) is 38.7 Å². The van der Waals surface area contributed by atoms with Gasteiger partial charge in [0.1, 0.15) is 0 Å². The lowest BCUT2D eigenvalue weighted by molar-refractivity contribution is 0.0920. The molecule has 0 spiro atoms. The van der Waals surface area contributed by atoms with E-state index in [-0.39, 0.29) is 24.5 Å². The molecule has 1 aromatic heterocycles. The van der Waals surface area contributed by atoms with E-state index in [1.165, 1.54) is 0 Å². The zero-order valence-electron chi connectivity index (χ0n) is 13.6. The molecule has 1 heterocycles. The maximum absolute atomic E-state index is 12.3. The molecule has 23 heavy (non-hydrogen) atoms. The molecule has 6 heteroatoms. The van der Waals surface area contributed by atoms with Gasteiger partial charge in [0, 0.05) is 12.6 Å². The van der Waals surface area contributed by atoms with E-state index in [0.29, 0.717) is 12.2 Å². The summed E-state index contributed by atoms with van der Waals surface area (Å²) in [5, 5.41) is 20.1. The summed E-state index contributed by atoms with van der Waals surface area (Å²) in [6.07, 6.45) is 3.22. The van der Waals surface area contributed by atoms with Gasteiger partial charge in [0.25, 0.3) is 5.91 Å². The van der Waals surface area contributed by atoms with Gasteiger partial charge < -0.3 is 10.4 Å². The fraction of sp³-hybridized carbons (Fsp3) is 0.471. The minimum Gasteiger partial charge on any atom is -0.396 e. The van der Waals surface area contributed by atoms with Gasteiger partial charge in [-0.3, -0.25) is 4.79 Å². The quantitative estimate of drug-likeness (QED) is 0.779. The van der Waals surface area contributed by atoms with Crippen molar-refractivity contribution in [3.63, 3.8) is 0 Å². The van der Waals surface area contributed by atoms with Crippen molar-refractivity contribution in [3.8, 4) is 0 Å². The molecular weight excluding hydrogens is 292 g/mol. The smallest absolute Gasteiger partial charge is 0.273 e. The Morgan fingerprint density at radius 3 is 2.74 bits per heavy atom. The monoisotopic (exact) mass is 316 g/mol. The number of carbonyl (C=O) groups excluding carboxylic acids is 1. The summed E-state index contributed by atoms with van der Waals surface area (Å²) < 4.78 is 1.65. The summed E-state index contributed by atoms with van der Waals surface area (Å²) in [6.45, 7) is 4.69. The molecule has 6 nitrogen and oxygen atoms in total. The van der Waals surface area contributed by atoms with Crippen molar-refractivity contribution in [3.05, 3.63) is 47.8 Å². The summed E-state index contributed by atoms with van der Waals surface area (Å²) >= 11 is 0. The third kappa shape index (κ3) is 5.17. The standard InChI is InChI=1S/C17H24N4O2/c1-3-15(9-13(2)12-22)18-17(23)16-11-21(20-19-16)10-14-7-5-4-6-8-14/h4-8,11,13,15,22H,3,9-10,12H2,1-2H3,(H,18,23)/t13-,15-/m0/s1. The van der Waals surface area contributed by atoms with E-state index in [9.17, 15) is 4.79 Å². The van der Waals surface area contributed by atoms with Crippen LogP contribution in [0, 0.1) is 5.92 Å². The second kappa shape index (κ2) is 8.43. The zero-order valence-corrected chi connectivity index (χ0v) is 13.6. The number of hydrogen-bond acceptors (Lipinski definition) is 4. The molecule has 124 valence electrons. The largest absolute Gasteiger partial charge is 0.396 e.